The minimum absolute atomic E-state index is 0.0219. The second-order valence-electron chi connectivity index (χ2n) is 6.39. The summed E-state index contributed by atoms with van der Waals surface area (Å²) in [7, 11) is 0. The second-order valence-corrected chi connectivity index (χ2v) is 7.75. The fourth-order valence-electron chi connectivity index (χ4n) is 2.94. The highest BCUT2D eigenvalue weighted by atomic mass is 35.5. The number of thioether (sulfide) groups is 1. The third kappa shape index (κ3) is 4.11. The number of H-pyrrole nitrogens is 1. The Morgan fingerprint density at radius 2 is 1.96 bits per heavy atom. The van der Waals surface area contributed by atoms with Crippen LogP contribution in [0.5, 0.6) is 0 Å². The van der Waals surface area contributed by atoms with Gasteiger partial charge in [0.2, 0.25) is 0 Å². The maximum Gasteiger partial charge on any atom is 0.277 e. The van der Waals surface area contributed by atoms with Crippen LogP contribution in [0.15, 0.2) is 64.4 Å². The van der Waals surface area contributed by atoms with Gasteiger partial charge in [-0.25, -0.2) is 0 Å². The van der Waals surface area contributed by atoms with Crippen LogP contribution in [0, 0.1) is 0 Å². The van der Waals surface area contributed by atoms with E-state index in [4.69, 9.17) is 16.0 Å². The first-order valence-electron chi connectivity index (χ1n) is 8.73. The molecule has 0 aliphatic rings. The molecule has 4 rings (SSSR count). The van der Waals surface area contributed by atoms with Gasteiger partial charge in [0.15, 0.2) is 11.8 Å². The van der Waals surface area contributed by atoms with Gasteiger partial charge in [-0.2, -0.15) is 0 Å². The molecule has 8 heteroatoms. The van der Waals surface area contributed by atoms with Crippen molar-refractivity contribution < 1.29 is 14.9 Å². The fourth-order valence-corrected chi connectivity index (χ4v) is 3.73. The Morgan fingerprint density at radius 1 is 1.18 bits per heavy atom. The van der Waals surface area contributed by atoms with E-state index >= 15 is 0 Å². The van der Waals surface area contributed by atoms with E-state index in [1.165, 1.54) is 17.1 Å². The Balaban J connectivity index is 1.38. The van der Waals surface area contributed by atoms with Crippen molar-refractivity contribution in [3.8, 4) is 0 Å². The van der Waals surface area contributed by atoms with Crippen LogP contribution < -0.4 is 5.73 Å². The third-order valence-electron chi connectivity index (χ3n) is 4.41. The number of fused-ring (bicyclic) bond motifs is 1. The topological polar surface area (TPSA) is 99.4 Å². The molecule has 28 heavy (non-hydrogen) atoms. The van der Waals surface area contributed by atoms with E-state index in [0.29, 0.717) is 28.1 Å². The first kappa shape index (κ1) is 18.7. The number of carbonyl (C=O) groups is 1. The summed E-state index contributed by atoms with van der Waals surface area (Å²) < 4.78 is 5.71. The molecule has 0 aliphatic heterocycles. The van der Waals surface area contributed by atoms with Gasteiger partial charge in [0, 0.05) is 34.1 Å². The van der Waals surface area contributed by atoms with Crippen LogP contribution in [-0.2, 0) is 6.42 Å². The van der Waals surface area contributed by atoms with Gasteiger partial charge in [0.25, 0.3) is 11.1 Å². The SMILES string of the molecule is [NH3+][C@@H](Cc1c[nH]c2ccccc12)c1nnc(SCC(=O)c2ccc(Cl)cc2)o1. The Kier molecular flexibility index (Phi) is 5.47. The van der Waals surface area contributed by atoms with Gasteiger partial charge in [-0.15, -0.1) is 10.2 Å². The molecule has 0 amide bonds. The number of Topliss-reactive ketones (excluding diaryl/α,β-unsaturated/α-hetero) is 1. The Hall–Kier alpha value is -2.61. The summed E-state index contributed by atoms with van der Waals surface area (Å²) in [5, 5.41) is 10.3. The quantitative estimate of drug-likeness (QED) is 0.355. The lowest BCUT2D eigenvalue weighted by molar-refractivity contribution is -0.431. The van der Waals surface area contributed by atoms with Crippen molar-refractivity contribution in [2.24, 2.45) is 0 Å². The number of nitrogens with zero attached hydrogens (tertiary/aromatic N) is 2. The van der Waals surface area contributed by atoms with E-state index in [1.54, 1.807) is 24.3 Å². The van der Waals surface area contributed by atoms with Crippen molar-refractivity contribution in [3.05, 3.63) is 76.8 Å². The van der Waals surface area contributed by atoms with E-state index < -0.39 is 0 Å². The number of hydrogen-bond donors (Lipinski definition) is 2. The molecule has 4 aromatic rings. The summed E-state index contributed by atoms with van der Waals surface area (Å²) in [6.07, 6.45) is 2.67. The highest BCUT2D eigenvalue weighted by Gasteiger charge is 2.21. The number of nitrogens with one attached hydrogen (secondary N) is 1. The van der Waals surface area contributed by atoms with Crippen molar-refractivity contribution in [1.29, 1.82) is 0 Å². The maximum absolute atomic E-state index is 12.2. The number of rotatable bonds is 7. The summed E-state index contributed by atoms with van der Waals surface area (Å²) >= 11 is 7.07. The molecule has 0 aliphatic carbocycles. The molecule has 142 valence electrons. The standard InChI is InChI=1S/C20H17ClN4O2S/c21-14-7-5-12(6-8-14)18(26)11-28-20-25-24-19(27-20)16(22)9-13-10-23-17-4-2-1-3-15(13)17/h1-8,10,16,23H,9,11,22H2/p+1/t16-/m0/s1. The van der Waals surface area contributed by atoms with Gasteiger partial charge in [-0.3, -0.25) is 4.79 Å². The first-order chi connectivity index (χ1) is 13.6. The molecule has 0 unspecified atom stereocenters. The molecule has 2 aromatic carbocycles. The van der Waals surface area contributed by atoms with Gasteiger partial charge in [0.05, 0.1) is 5.75 Å². The van der Waals surface area contributed by atoms with E-state index in [0.717, 1.165) is 11.1 Å². The number of ketones is 1. The first-order valence-corrected chi connectivity index (χ1v) is 10.1. The molecule has 0 spiro atoms. The predicted molar refractivity (Wildman–Crippen MR) is 108 cm³/mol. The van der Waals surface area contributed by atoms with Gasteiger partial charge in [-0.1, -0.05) is 41.6 Å². The zero-order valence-electron chi connectivity index (χ0n) is 14.9. The number of hydrogen-bond acceptors (Lipinski definition) is 5. The smallest absolute Gasteiger partial charge is 0.277 e. The molecule has 0 saturated carbocycles. The second kappa shape index (κ2) is 8.18. The number of aromatic amines is 1. The molecule has 2 heterocycles. The summed E-state index contributed by atoms with van der Waals surface area (Å²) in [5.74, 6) is 0.658. The highest BCUT2D eigenvalue weighted by molar-refractivity contribution is 7.99. The lowest BCUT2D eigenvalue weighted by Gasteiger charge is -2.03. The number of benzene rings is 2. The molecular weight excluding hydrogens is 396 g/mol. The number of halogens is 1. The molecular formula is C20H18ClN4O2S+. The number of aromatic nitrogens is 3. The summed E-state index contributed by atoms with van der Waals surface area (Å²) in [6, 6.07) is 14.8. The minimum Gasteiger partial charge on any atom is -0.410 e. The van der Waals surface area contributed by atoms with E-state index in [-0.39, 0.29) is 17.6 Å². The van der Waals surface area contributed by atoms with Crippen molar-refractivity contribution in [1.82, 2.24) is 15.2 Å². The van der Waals surface area contributed by atoms with Crippen LogP contribution in [0.3, 0.4) is 0 Å². The lowest BCUT2D eigenvalue weighted by Crippen LogP contribution is -2.54. The van der Waals surface area contributed by atoms with Crippen LogP contribution in [0.1, 0.15) is 27.9 Å². The van der Waals surface area contributed by atoms with E-state index in [9.17, 15) is 4.79 Å². The zero-order valence-corrected chi connectivity index (χ0v) is 16.5. The third-order valence-corrected chi connectivity index (χ3v) is 5.48. The molecule has 0 bridgehead atoms. The van der Waals surface area contributed by atoms with Gasteiger partial charge in [-0.05, 0) is 35.9 Å². The van der Waals surface area contributed by atoms with Crippen molar-refractivity contribution in [2.45, 2.75) is 17.7 Å². The Labute approximate surface area is 170 Å². The van der Waals surface area contributed by atoms with Crippen LogP contribution in [0.4, 0.5) is 0 Å². The number of carbonyl (C=O) groups excluding carboxylic acids is 1. The molecule has 2 aromatic heterocycles. The van der Waals surface area contributed by atoms with Crippen LogP contribution in [0.25, 0.3) is 10.9 Å². The molecule has 6 nitrogen and oxygen atoms in total. The average molecular weight is 414 g/mol. The fraction of sp³-hybridized carbons (Fsp3) is 0.150. The Bertz CT molecular complexity index is 1110. The molecule has 0 saturated heterocycles. The van der Waals surface area contributed by atoms with Crippen LogP contribution in [-0.4, -0.2) is 26.7 Å². The highest BCUT2D eigenvalue weighted by Crippen LogP contribution is 2.24. The monoisotopic (exact) mass is 413 g/mol. The largest absolute Gasteiger partial charge is 0.410 e. The van der Waals surface area contributed by atoms with Crippen molar-refractivity contribution >= 4 is 40.0 Å². The van der Waals surface area contributed by atoms with E-state index in [1.807, 2.05) is 24.4 Å². The van der Waals surface area contributed by atoms with Crippen LogP contribution in [0.2, 0.25) is 5.02 Å². The average Bonchev–Trinajstić information content (AvgIpc) is 3.34. The predicted octanol–water partition coefficient (Wildman–Crippen LogP) is 3.71. The summed E-state index contributed by atoms with van der Waals surface area (Å²) in [5.41, 5.74) is 7.00. The Morgan fingerprint density at radius 3 is 2.79 bits per heavy atom. The summed E-state index contributed by atoms with van der Waals surface area (Å²) in [6.45, 7) is 0. The number of para-hydroxylation sites is 1. The van der Waals surface area contributed by atoms with Gasteiger partial charge in [0.1, 0.15) is 0 Å². The lowest BCUT2D eigenvalue weighted by atomic mass is 10.1. The van der Waals surface area contributed by atoms with Crippen molar-refractivity contribution in [3.63, 3.8) is 0 Å². The summed E-state index contributed by atoms with van der Waals surface area (Å²) in [4.78, 5) is 15.5. The molecule has 0 fully saturated rings. The molecule has 0 radical (unpaired) electrons. The van der Waals surface area contributed by atoms with E-state index in [2.05, 4.69) is 27.0 Å². The number of quaternary nitrogens is 1. The van der Waals surface area contributed by atoms with Gasteiger partial charge < -0.3 is 15.1 Å². The van der Waals surface area contributed by atoms with Gasteiger partial charge >= 0.3 is 0 Å². The minimum atomic E-state index is -0.173. The molecule has 1 atom stereocenters. The van der Waals surface area contributed by atoms with Crippen LogP contribution >= 0.6 is 23.4 Å². The van der Waals surface area contributed by atoms with Crippen molar-refractivity contribution in [2.75, 3.05) is 5.75 Å². The normalized spacial score (nSPS) is 12.4. The zero-order chi connectivity index (χ0) is 19.5. The molecule has 4 N–H and O–H groups in total. The maximum atomic E-state index is 12.2.